The van der Waals surface area contributed by atoms with Gasteiger partial charge in [-0.2, -0.15) is 0 Å². The molecule has 1 aliphatic carbocycles. The van der Waals surface area contributed by atoms with Crippen molar-refractivity contribution in [2.75, 3.05) is 19.4 Å². The van der Waals surface area contributed by atoms with Gasteiger partial charge in [0.15, 0.2) is 0 Å². The summed E-state index contributed by atoms with van der Waals surface area (Å²) in [5.41, 5.74) is 3.40. The minimum Gasteiger partial charge on any atom is -0.363 e. The Balaban J connectivity index is 1.97. The molecule has 1 aromatic heterocycles. The van der Waals surface area contributed by atoms with Crippen molar-refractivity contribution >= 4 is 28.9 Å². The maximum Gasteiger partial charge on any atom is 0.314 e. The Morgan fingerprint density at radius 3 is 2.66 bits per heavy atom. The summed E-state index contributed by atoms with van der Waals surface area (Å²) in [4.78, 5) is 36.5. The number of aromatic nitrogens is 2. The highest BCUT2D eigenvalue weighted by molar-refractivity contribution is 6.04. The van der Waals surface area contributed by atoms with Crippen molar-refractivity contribution in [3.8, 4) is 0 Å². The van der Waals surface area contributed by atoms with Crippen molar-refractivity contribution in [1.82, 2.24) is 14.9 Å². The zero-order chi connectivity index (χ0) is 21.2. The Bertz CT molecular complexity index is 1020. The van der Waals surface area contributed by atoms with Gasteiger partial charge in [0.2, 0.25) is 5.82 Å². The predicted octanol–water partition coefficient (Wildman–Crippen LogP) is 4.51. The number of imidazole rings is 1. The number of aromatic amines is 1. The van der Waals surface area contributed by atoms with Crippen molar-refractivity contribution in [2.45, 2.75) is 33.1 Å². The van der Waals surface area contributed by atoms with E-state index in [-0.39, 0.29) is 23.0 Å². The monoisotopic (exact) mass is 391 g/mol. The second kappa shape index (κ2) is 7.92. The van der Waals surface area contributed by atoms with Crippen LogP contribution in [-0.2, 0) is 0 Å². The lowest BCUT2D eigenvalue weighted by Crippen LogP contribution is -2.22. The summed E-state index contributed by atoms with van der Waals surface area (Å²) < 4.78 is 0. The summed E-state index contributed by atoms with van der Waals surface area (Å²) in [7, 11) is 3.43. The fourth-order valence-electron chi connectivity index (χ4n) is 3.30. The molecule has 2 amide bonds. The third-order valence-corrected chi connectivity index (χ3v) is 5.14. The number of benzene rings is 1. The summed E-state index contributed by atoms with van der Waals surface area (Å²) >= 11 is 0. The number of nitrogens with zero attached hydrogens (tertiary/aromatic N) is 3. The summed E-state index contributed by atoms with van der Waals surface area (Å²) in [5, 5.41) is 2.88. The SMILES string of the molecule is [C-]#[N+]c1cnc(C(=O)Nc2ccc(C(=O)N(C)C)cc2C2=CCC(C)(C)CC2)[nH]1. The molecule has 0 aliphatic heterocycles. The van der Waals surface area contributed by atoms with Gasteiger partial charge >= 0.3 is 5.91 Å². The number of carbonyl (C=O) groups excluding carboxylic acids is 2. The van der Waals surface area contributed by atoms with Gasteiger partial charge < -0.3 is 15.1 Å². The molecule has 7 heteroatoms. The zero-order valence-electron chi connectivity index (χ0n) is 17.2. The van der Waals surface area contributed by atoms with E-state index in [9.17, 15) is 9.59 Å². The molecule has 0 fully saturated rings. The van der Waals surface area contributed by atoms with E-state index in [4.69, 9.17) is 6.57 Å². The van der Waals surface area contributed by atoms with Gasteiger partial charge in [0.1, 0.15) is 0 Å². The average molecular weight is 391 g/mol. The van der Waals surface area contributed by atoms with Crippen LogP contribution in [0.4, 0.5) is 11.5 Å². The van der Waals surface area contributed by atoms with Crippen molar-refractivity contribution in [3.05, 3.63) is 58.8 Å². The van der Waals surface area contributed by atoms with Gasteiger partial charge in [-0.05, 0) is 48.4 Å². The second-order valence-corrected chi connectivity index (χ2v) is 8.24. The number of amides is 2. The molecular weight excluding hydrogens is 366 g/mol. The molecule has 1 heterocycles. The molecule has 0 spiro atoms. The van der Waals surface area contributed by atoms with Crippen LogP contribution in [0.25, 0.3) is 10.4 Å². The number of anilines is 1. The molecule has 0 atom stereocenters. The summed E-state index contributed by atoms with van der Waals surface area (Å²) in [6.45, 7) is 11.5. The third kappa shape index (κ3) is 4.54. The molecule has 0 bridgehead atoms. The average Bonchev–Trinajstić information content (AvgIpc) is 3.17. The van der Waals surface area contributed by atoms with E-state index in [0.717, 1.165) is 30.4 Å². The van der Waals surface area contributed by atoms with E-state index in [0.29, 0.717) is 11.3 Å². The first-order chi connectivity index (χ1) is 13.7. The molecule has 2 aromatic rings. The summed E-state index contributed by atoms with van der Waals surface area (Å²) in [6, 6.07) is 5.31. The minimum absolute atomic E-state index is 0.0779. The van der Waals surface area contributed by atoms with Crippen molar-refractivity contribution < 1.29 is 9.59 Å². The largest absolute Gasteiger partial charge is 0.363 e. The van der Waals surface area contributed by atoms with Gasteiger partial charge in [-0.25, -0.2) is 4.98 Å². The molecule has 2 N–H and O–H groups in total. The summed E-state index contributed by atoms with van der Waals surface area (Å²) in [5.74, 6) is -0.230. The van der Waals surface area contributed by atoms with E-state index in [1.54, 1.807) is 26.2 Å². The number of carbonyl (C=O) groups is 2. The first kappa shape index (κ1) is 20.3. The fourth-order valence-corrected chi connectivity index (χ4v) is 3.30. The molecule has 150 valence electrons. The van der Waals surface area contributed by atoms with Crippen LogP contribution in [-0.4, -0.2) is 40.8 Å². The van der Waals surface area contributed by atoms with Gasteiger partial charge in [0.05, 0.1) is 6.20 Å². The quantitative estimate of drug-likeness (QED) is 0.753. The van der Waals surface area contributed by atoms with Crippen LogP contribution in [0.15, 0.2) is 30.5 Å². The minimum atomic E-state index is -0.426. The number of rotatable bonds is 4. The van der Waals surface area contributed by atoms with Gasteiger partial charge in [-0.3, -0.25) is 14.6 Å². The maximum atomic E-state index is 12.6. The number of hydrogen-bond donors (Lipinski definition) is 2. The lowest BCUT2D eigenvalue weighted by atomic mass is 9.76. The number of H-pyrrole nitrogens is 1. The van der Waals surface area contributed by atoms with Crippen LogP contribution < -0.4 is 5.32 Å². The highest BCUT2D eigenvalue weighted by Gasteiger charge is 2.24. The smallest absolute Gasteiger partial charge is 0.314 e. The van der Waals surface area contributed by atoms with Crippen LogP contribution in [0.5, 0.6) is 0 Å². The zero-order valence-corrected chi connectivity index (χ0v) is 17.2. The van der Waals surface area contributed by atoms with Crippen LogP contribution in [0.2, 0.25) is 0 Å². The highest BCUT2D eigenvalue weighted by Crippen LogP contribution is 2.40. The first-order valence-corrected chi connectivity index (χ1v) is 9.49. The van der Waals surface area contributed by atoms with E-state index < -0.39 is 5.91 Å². The molecule has 0 unspecified atom stereocenters. The van der Waals surface area contributed by atoms with Crippen molar-refractivity contribution in [2.24, 2.45) is 5.41 Å². The Morgan fingerprint density at radius 1 is 1.31 bits per heavy atom. The molecule has 7 nitrogen and oxygen atoms in total. The van der Waals surface area contributed by atoms with Gasteiger partial charge in [0.25, 0.3) is 11.7 Å². The second-order valence-electron chi connectivity index (χ2n) is 8.24. The standard InChI is InChI=1S/C22H25N5O2/c1-22(2)10-8-14(9-11-22)16-12-15(21(29)27(4)5)6-7-17(16)25-20(28)19-24-13-18(23-3)26-19/h6-8,12-13H,9-11H2,1-2,4-5H3,(H,24,26)(H,25,28). The number of nitrogens with one attached hydrogen (secondary N) is 2. The Morgan fingerprint density at radius 2 is 2.07 bits per heavy atom. The van der Waals surface area contributed by atoms with Gasteiger partial charge in [-0.1, -0.05) is 26.5 Å². The predicted molar refractivity (Wildman–Crippen MR) is 113 cm³/mol. The van der Waals surface area contributed by atoms with E-state index in [2.05, 4.69) is 40.1 Å². The van der Waals surface area contributed by atoms with E-state index in [1.807, 2.05) is 6.07 Å². The highest BCUT2D eigenvalue weighted by atomic mass is 16.2. The third-order valence-electron chi connectivity index (χ3n) is 5.14. The van der Waals surface area contributed by atoms with Crippen molar-refractivity contribution in [3.63, 3.8) is 0 Å². The molecule has 0 saturated carbocycles. The van der Waals surface area contributed by atoms with Crippen LogP contribution in [0.3, 0.4) is 0 Å². The van der Waals surface area contributed by atoms with Crippen LogP contribution in [0.1, 0.15) is 59.7 Å². The van der Waals surface area contributed by atoms with Gasteiger partial charge in [0, 0.05) is 30.9 Å². The molecule has 3 rings (SSSR count). The van der Waals surface area contributed by atoms with Crippen LogP contribution in [0, 0.1) is 12.0 Å². The number of hydrogen-bond acceptors (Lipinski definition) is 3. The molecule has 0 radical (unpaired) electrons. The molecular formula is C22H25N5O2. The molecule has 1 aromatic carbocycles. The fraction of sp³-hybridized carbons (Fsp3) is 0.364. The lowest BCUT2D eigenvalue weighted by molar-refractivity contribution is 0.0827. The topological polar surface area (TPSA) is 82.4 Å². The van der Waals surface area contributed by atoms with E-state index >= 15 is 0 Å². The normalized spacial score (nSPS) is 15.2. The molecule has 1 aliphatic rings. The Labute approximate surface area is 170 Å². The summed E-state index contributed by atoms with van der Waals surface area (Å²) in [6.07, 6.45) is 6.37. The maximum absolute atomic E-state index is 12.6. The van der Waals surface area contributed by atoms with Crippen LogP contribution >= 0.6 is 0 Å². The van der Waals surface area contributed by atoms with Crippen molar-refractivity contribution in [1.29, 1.82) is 0 Å². The van der Waals surface area contributed by atoms with E-state index in [1.165, 1.54) is 11.1 Å². The number of allylic oxidation sites excluding steroid dienone is 2. The first-order valence-electron chi connectivity index (χ1n) is 9.49. The Kier molecular flexibility index (Phi) is 5.55. The lowest BCUT2D eigenvalue weighted by Gasteiger charge is -2.29. The van der Waals surface area contributed by atoms with Gasteiger partial charge in [-0.15, -0.1) is 0 Å². The Hall–Kier alpha value is -3.40. The molecule has 0 saturated heterocycles. The molecule has 29 heavy (non-hydrogen) atoms.